The zero-order chi connectivity index (χ0) is 23.4. The van der Waals surface area contributed by atoms with Crippen LogP contribution in [-0.2, 0) is 9.59 Å². The average Bonchev–Trinajstić information content (AvgIpc) is 3.41. The number of methoxy groups -OCH3 is 1. The standard InChI is InChI=1S/C25H29N5O3/c1-4-5-13-30-22(31)15-21(23(30)17-9-11-20(33-3)12-10-17)25(32)27-19-8-6-7-18(14-19)24-26-16(2)28-29-24/h6-12,14,21,23H,4-5,13,15H2,1-3H3,(H,27,32)(H,26,28,29). The summed E-state index contributed by atoms with van der Waals surface area (Å²) >= 11 is 0. The Bertz CT molecular complexity index is 1130. The van der Waals surface area contributed by atoms with Gasteiger partial charge in [-0.2, -0.15) is 5.10 Å². The summed E-state index contributed by atoms with van der Waals surface area (Å²) in [6.45, 7) is 4.56. The van der Waals surface area contributed by atoms with E-state index in [-0.39, 0.29) is 24.3 Å². The highest BCUT2D eigenvalue weighted by molar-refractivity contribution is 5.98. The molecule has 0 bridgehead atoms. The Kier molecular flexibility index (Phi) is 6.72. The maximum atomic E-state index is 13.4. The summed E-state index contributed by atoms with van der Waals surface area (Å²) in [5, 5.41) is 10.0. The van der Waals surface area contributed by atoms with Gasteiger partial charge in [0.2, 0.25) is 11.8 Å². The monoisotopic (exact) mass is 447 g/mol. The first-order valence-electron chi connectivity index (χ1n) is 11.2. The van der Waals surface area contributed by atoms with Gasteiger partial charge in [0.15, 0.2) is 5.82 Å². The minimum atomic E-state index is -0.489. The highest BCUT2D eigenvalue weighted by Crippen LogP contribution is 2.39. The van der Waals surface area contributed by atoms with Crippen molar-refractivity contribution >= 4 is 17.5 Å². The molecule has 2 heterocycles. The van der Waals surface area contributed by atoms with E-state index in [1.807, 2.05) is 60.4 Å². The molecule has 1 aliphatic heterocycles. The SMILES string of the molecule is CCCCN1C(=O)CC(C(=O)Nc2cccc(-c3n[nH]c(C)n3)c2)C1c1ccc(OC)cc1. The first-order chi connectivity index (χ1) is 16.0. The molecule has 2 unspecified atom stereocenters. The summed E-state index contributed by atoms with van der Waals surface area (Å²) < 4.78 is 5.27. The van der Waals surface area contributed by atoms with Crippen molar-refractivity contribution in [2.75, 3.05) is 19.0 Å². The van der Waals surface area contributed by atoms with Crippen molar-refractivity contribution in [2.24, 2.45) is 5.92 Å². The molecule has 172 valence electrons. The predicted octanol–water partition coefficient (Wildman–Crippen LogP) is 4.12. The van der Waals surface area contributed by atoms with Crippen LogP contribution in [0.4, 0.5) is 5.69 Å². The van der Waals surface area contributed by atoms with Crippen molar-refractivity contribution < 1.29 is 14.3 Å². The number of aromatic amines is 1. The Morgan fingerprint density at radius 3 is 2.70 bits per heavy atom. The molecule has 8 nitrogen and oxygen atoms in total. The minimum Gasteiger partial charge on any atom is -0.497 e. The molecular weight excluding hydrogens is 418 g/mol. The third kappa shape index (κ3) is 4.89. The number of aromatic nitrogens is 3. The van der Waals surface area contributed by atoms with Crippen LogP contribution in [0.2, 0.25) is 0 Å². The van der Waals surface area contributed by atoms with Gasteiger partial charge >= 0.3 is 0 Å². The predicted molar refractivity (Wildman–Crippen MR) is 126 cm³/mol. The van der Waals surface area contributed by atoms with E-state index in [1.54, 1.807) is 7.11 Å². The van der Waals surface area contributed by atoms with Crippen molar-refractivity contribution in [3.05, 3.63) is 59.9 Å². The van der Waals surface area contributed by atoms with E-state index < -0.39 is 5.92 Å². The number of likely N-dealkylation sites (tertiary alicyclic amines) is 1. The number of unbranched alkanes of at least 4 members (excludes halogenated alkanes) is 1. The number of nitrogens with zero attached hydrogens (tertiary/aromatic N) is 3. The van der Waals surface area contributed by atoms with Crippen LogP contribution in [0.5, 0.6) is 5.75 Å². The number of carbonyl (C=O) groups is 2. The van der Waals surface area contributed by atoms with Gasteiger partial charge in [-0.3, -0.25) is 14.7 Å². The van der Waals surface area contributed by atoms with E-state index in [0.29, 0.717) is 18.1 Å². The van der Waals surface area contributed by atoms with Crippen LogP contribution in [0.25, 0.3) is 11.4 Å². The lowest BCUT2D eigenvalue weighted by Crippen LogP contribution is -2.33. The number of rotatable bonds is 8. The van der Waals surface area contributed by atoms with Crippen molar-refractivity contribution in [3.8, 4) is 17.1 Å². The second kappa shape index (κ2) is 9.85. The number of carbonyl (C=O) groups excluding carboxylic acids is 2. The first-order valence-corrected chi connectivity index (χ1v) is 11.2. The molecule has 0 saturated carbocycles. The van der Waals surface area contributed by atoms with E-state index in [9.17, 15) is 9.59 Å². The minimum absolute atomic E-state index is 0.00867. The van der Waals surface area contributed by atoms with Gasteiger partial charge in [-0.25, -0.2) is 4.98 Å². The van der Waals surface area contributed by atoms with Crippen LogP contribution in [0, 0.1) is 12.8 Å². The smallest absolute Gasteiger partial charge is 0.230 e. The zero-order valence-corrected chi connectivity index (χ0v) is 19.2. The van der Waals surface area contributed by atoms with E-state index in [0.717, 1.165) is 35.5 Å². The van der Waals surface area contributed by atoms with Gasteiger partial charge in [0.25, 0.3) is 0 Å². The van der Waals surface area contributed by atoms with Crippen LogP contribution in [-0.4, -0.2) is 45.6 Å². The number of anilines is 1. The third-order valence-electron chi connectivity index (χ3n) is 5.96. The Hall–Kier alpha value is -3.68. The second-order valence-corrected chi connectivity index (χ2v) is 8.28. The summed E-state index contributed by atoms with van der Waals surface area (Å²) in [6, 6.07) is 14.7. The second-order valence-electron chi connectivity index (χ2n) is 8.28. The topological polar surface area (TPSA) is 100 Å². The number of hydrogen-bond donors (Lipinski definition) is 2. The van der Waals surface area contributed by atoms with Crippen LogP contribution in [0.1, 0.15) is 43.6 Å². The van der Waals surface area contributed by atoms with Gasteiger partial charge in [-0.1, -0.05) is 37.6 Å². The van der Waals surface area contributed by atoms with Gasteiger partial charge in [0.05, 0.1) is 19.1 Å². The van der Waals surface area contributed by atoms with Crippen molar-refractivity contribution in [1.29, 1.82) is 0 Å². The van der Waals surface area contributed by atoms with Gasteiger partial charge in [0.1, 0.15) is 11.6 Å². The molecule has 2 N–H and O–H groups in total. The van der Waals surface area contributed by atoms with Gasteiger partial charge < -0.3 is 15.0 Å². The molecule has 1 aromatic heterocycles. The van der Waals surface area contributed by atoms with E-state index >= 15 is 0 Å². The molecule has 1 saturated heterocycles. The molecule has 2 atom stereocenters. The molecule has 1 fully saturated rings. The van der Waals surface area contributed by atoms with Crippen molar-refractivity contribution in [3.63, 3.8) is 0 Å². The van der Waals surface area contributed by atoms with E-state index in [2.05, 4.69) is 27.4 Å². The molecule has 1 aliphatic rings. The fourth-order valence-corrected chi connectivity index (χ4v) is 4.27. The molecule has 0 spiro atoms. The Morgan fingerprint density at radius 2 is 2.03 bits per heavy atom. The largest absolute Gasteiger partial charge is 0.497 e. The highest BCUT2D eigenvalue weighted by Gasteiger charge is 2.44. The highest BCUT2D eigenvalue weighted by atomic mass is 16.5. The number of amides is 2. The summed E-state index contributed by atoms with van der Waals surface area (Å²) in [5.41, 5.74) is 2.38. The zero-order valence-electron chi connectivity index (χ0n) is 19.2. The maximum absolute atomic E-state index is 13.4. The van der Waals surface area contributed by atoms with Gasteiger partial charge in [-0.05, 0) is 43.2 Å². The number of hydrogen-bond acceptors (Lipinski definition) is 5. The molecular formula is C25H29N5O3. The van der Waals surface area contributed by atoms with Crippen LogP contribution in [0.3, 0.4) is 0 Å². The summed E-state index contributed by atoms with van der Waals surface area (Å²) in [7, 11) is 1.62. The molecule has 0 radical (unpaired) electrons. The molecule has 33 heavy (non-hydrogen) atoms. The average molecular weight is 448 g/mol. The number of ether oxygens (including phenoxy) is 1. The molecule has 8 heteroatoms. The van der Waals surface area contributed by atoms with Crippen molar-refractivity contribution in [1.82, 2.24) is 20.1 Å². The lowest BCUT2D eigenvalue weighted by molar-refractivity contribution is -0.129. The lowest BCUT2D eigenvalue weighted by Gasteiger charge is -2.28. The quantitative estimate of drug-likeness (QED) is 0.541. The molecule has 0 aliphatic carbocycles. The molecule has 2 amide bonds. The number of H-pyrrole nitrogens is 1. The van der Waals surface area contributed by atoms with E-state index in [1.165, 1.54) is 0 Å². The number of benzene rings is 2. The first kappa shape index (κ1) is 22.5. The van der Waals surface area contributed by atoms with E-state index in [4.69, 9.17) is 4.74 Å². The molecule has 2 aromatic carbocycles. The normalized spacial score (nSPS) is 17.9. The summed E-state index contributed by atoms with van der Waals surface area (Å²) in [6.07, 6.45) is 2.06. The van der Waals surface area contributed by atoms with Crippen LogP contribution >= 0.6 is 0 Å². The maximum Gasteiger partial charge on any atom is 0.230 e. The number of aryl methyl sites for hydroxylation is 1. The van der Waals surface area contributed by atoms with Crippen LogP contribution in [0.15, 0.2) is 48.5 Å². The van der Waals surface area contributed by atoms with Gasteiger partial charge in [0, 0.05) is 24.2 Å². The fourth-order valence-electron chi connectivity index (χ4n) is 4.27. The molecule has 4 rings (SSSR count). The summed E-state index contributed by atoms with van der Waals surface area (Å²) in [4.78, 5) is 32.5. The van der Waals surface area contributed by atoms with Crippen LogP contribution < -0.4 is 10.1 Å². The fraction of sp³-hybridized carbons (Fsp3) is 0.360. The number of nitrogens with one attached hydrogen (secondary N) is 2. The summed E-state index contributed by atoms with van der Waals surface area (Å²) in [5.74, 6) is 1.38. The molecule has 3 aromatic rings. The third-order valence-corrected chi connectivity index (χ3v) is 5.96. The Balaban J connectivity index is 1.58. The van der Waals surface area contributed by atoms with Crippen molar-refractivity contribution in [2.45, 2.75) is 39.2 Å². The Labute approximate surface area is 193 Å². The lowest BCUT2D eigenvalue weighted by atomic mass is 9.92. The Morgan fingerprint density at radius 1 is 1.24 bits per heavy atom. The van der Waals surface area contributed by atoms with Gasteiger partial charge in [-0.15, -0.1) is 0 Å².